The lowest BCUT2D eigenvalue weighted by Crippen LogP contribution is -2.37. The fraction of sp³-hybridized carbons (Fsp3) is 0.206. The number of pyridine rings is 1. The number of nitrogens with one attached hydrogen (secondary N) is 3. The van der Waals surface area contributed by atoms with Crippen LogP contribution in [0.5, 0.6) is 17.4 Å². The Balaban J connectivity index is 1.17. The van der Waals surface area contributed by atoms with Crippen molar-refractivity contribution in [2.45, 2.75) is 25.4 Å². The van der Waals surface area contributed by atoms with Gasteiger partial charge in [-0.3, -0.25) is 19.5 Å². The van der Waals surface area contributed by atoms with Gasteiger partial charge in [0.1, 0.15) is 17.1 Å². The van der Waals surface area contributed by atoms with E-state index in [-0.39, 0.29) is 48.1 Å². The topological polar surface area (TPSA) is 148 Å². The standard InChI is InChI=1S/C34H29F3N6O6/c1-47-28-10-6-4-8-26(28)43-18-22(15-29(43)44)40-32(46)30-23-12-11-19(14-25(23)41-42-30)21-13-24(33(48-2)39-17-21)31(45)38-16-20-7-3-5-9-27(20)49-34(35,36)37/h3-14,17,22H,15-16,18H2,1-2H3,(H,38,45)(H,40,46)(H,41,42). The van der Waals surface area contributed by atoms with Crippen molar-refractivity contribution in [1.82, 2.24) is 25.8 Å². The van der Waals surface area contributed by atoms with Gasteiger partial charge in [-0.25, -0.2) is 4.98 Å². The molecule has 0 aliphatic carbocycles. The van der Waals surface area contributed by atoms with E-state index >= 15 is 0 Å². The normalized spacial score (nSPS) is 14.5. The summed E-state index contributed by atoms with van der Waals surface area (Å²) < 4.78 is 53.2. The van der Waals surface area contributed by atoms with Crippen LogP contribution in [-0.4, -0.2) is 66.1 Å². The Hall–Kier alpha value is -6.12. The first-order valence-electron chi connectivity index (χ1n) is 14.9. The van der Waals surface area contributed by atoms with E-state index in [1.54, 1.807) is 41.3 Å². The van der Waals surface area contributed by atoms with Crippen LogP contribution in [0.15, 0.2) is 79.0 Å². The first-order chi connectivity index (χ1) is 23.5. The van der Waals surface area contributed by atoms with Crippen LogP contribution in [0.2, 0.25) is 0 Å². The van der Waals surface area contributed by atoms with Crippen molar-refractivity contribution in [3.63, 3.8) is 0 Å². The van der Waals surface area contributed by atoms with Crippen LogP contribution >= 0.6 is 0 Å². The summed E-state index contributed by atoms with van der Waals surface area (Å²) >= 11 is 0. The number of carbonyl (C=O) groups is 3. The molecule has 12 nitrogen and oxygen atoms in total. The minimum absolute atomic E-state index is 0.0114. The Morgan fingerprint density at radius 3 is 2.47 bits per heavy atom. The number of aromatic amines is 1. The van der Waals surface area contributed by atoms with Gasteiger partial charge in [-0.1, -0.05) is 36.4 Å². The van der Waals surface area contributed by atoms with Crippen LogP contribution in [0.4, 0.5) is 18.9 Å². The molecule has 1 atom stereocenters. The molecule has 15 heteroatoms. The summed E-state index contributed by atoms with van der Waals surface area (Å²) in [5.41, 5.74) is 2.62. The van der Waals surface area contributed by atoms with Crippen molar-refractivity contribution in [2.75, 3.05) is 25.7 Å². The zero-order valence-corrected chi connectivity index (χ0v) is 26.1. The molecule has 1 fully saturated rings. The predicted octanol–water partition coefficient (Wildman–Crippen LogP) is 5.01. The van der Waals surface area contributed by atoms with Crippen molar-refractivity contribution in [1.29, 1.82) is 0 Å². The molecule has 3 aromatic carbocycles. The van der Waals surface area contributed by atoms with Crippen molar-refractivity contribution in [3.05, 3.63) is 95.8 Å². The first kappa shape index (κ1) is 32.8. The Bertz CT molecular complexity index is 2050. The van der Waals surface area contributed by atoms with Gasteiger partial charge in [-0.2, -0.15) is 5.10 Å². The summed E-state index contributed by atoms with van der Waals surface area (Å²) in [6.45, 7) is 0.0165. The minimum atomic E-state index is -4.89. The number of benzene rings is 3. The summed E-state index contributed by atoms with van der Waals surface area (Å²) in [7, 11) is 2.87. The monoisotopic (exact) mass is 674 g/mol. The van der Waals surface area contributed by atoms with Gasteiger partial charge < -0.3 is 29.7 Å². The third kappa shape index (κ3) is 7.10. The highest BCUT2D eigenvalue weighted by atomic mass is 19.4. The smallest absolute Gasteiger partial charge is 0.495 e. The summed E-state index contributed by atoms with van der Waals surface area (Å²) in [5.74, 6) is -1.10. The van der Waals surface area contributed by atoms with E-state index in [1.807, 2.05) is 6.07 Å². The van der Waals surface area contributed by atoms with Crippen LogP contribution in [0, 0.1) is 0 Å². The van der Waals surface area contributed by atoms with E-state index in [1.165, 1.54) is 44.7 Å². The van der Waals surface area contributed by atoms with E-state index in [0.29, 0.717) is 33.5 Å². The lowest BCUT2D eigenvalue weighted by molar-refractivity contribution is -0.274. The van der Waals surface area contributed by atoms with Crippen LogP contribution in [0.3, 0.4) is 0 Å². The van der Waals surface area contributed by atoms with Crippen molar-refractivity contribution >= 4 is 34.3 Å². The third-order valence-corrected chi connectivity index (χ3v) is 7.87. The molecule has 3 amide bonds. The molecule has 3 N–H and O–H groups in total. The highest BCUT2D eigenvalue weighted by Crippen LogP contribution is 2.32. The number of H-pyrrole nitrogens is 1. The van der Waals surface area contributed by atoms with Gasteiger partial charge in [0.05, 0.1) is 31.5 Å². The lowest BCUT2D eigenvalue weighted by Gasteiger charge is -2.19. The first-order valence-corrected chi connectivity index (χ1v) is 14.9. The average Bonchev–Trinajstić information content (AvgIpc) is 3.69. The van der Waals surface area contributed by atoms with E-state index in [9.17, 15) is 27.6 Å². The molecule has 1 unspecified atom stereocenters. The molecule has 5 aromatic rings. The third-order valence-electron chi connectivity index (χ3n) is 7.87. The second-order valence-electron chi connectivity index (χ2n) is 11.0. The van der Waals surface area contributed by atoms with Gasteiger partial charge in [0.15, 0.2) is 5.69 Å². The fourth-order valence-corrected chi connectivity index (χ4v) is 5.60. The zero-order chi connectivity index (χ0) is 34.7. The molecule has 1 saturated heterocycles. The largest absolute Gasteiger partial charge is 0.573 e. The molecule has 0 bridgehead atoms. The number of rotatable bonds is 10. The molecule has 0 spiro atoms. The fourth-order valence-electron chi connectivity index (χ4n) is 5.60. The van der Waals surface area contributed by atoms with E-state index < -0.39 is 30.0 Å². The Morgan fingerprint density at radius 1 is 0.959 bits per heavy atom. The molecule has 49 heavy (non-hydrogen) atoms. The number of alkyl halides is 3. The number of halogens is 3. The number of methoxy groups -OCH3 is 2. The number of hydrogen-bond donors (Lipinski definition) is 3. The molecule has 1 aliphatic rings. The number of ether oxygens (including phenoxy) is 3. The van der Waals surface area contributed by atoms with E-state index in [2.05, 4.69) is 30.6 Å². The van der Waals surface area contributed by atoms with Crippen molar-refractivity contribution in [2.24, 2.45) is 0 Å². The van der Waals surface area contributed by atoms with Gasteiger partial charge in [0.2, 0.25) is 11.8 Å². The van der Waals surface area contributed by atoms with Crippen molar-refractivity contribution in [3.8, 4) is 28.5 Å². The molecule has 0 radical (unpaired) electrons. The molecule has 252 valence electrons. The number of amides is 3. The number of carbonyl (C=O) groups excluding carboxylic acids is 3. The quantitative estimate of drug-likeness (QED) is 0.188. The predicted molar refractivity (Wildman–Crippen MR) is 171 cm³/mol. The second-order valence-corrected chi connectivity index (χ2v) is 11.0. The number of anilines is 1. The van der Waals surface area contributed by atoms with Gasteiger partial charge in [0.25, 0.3) is 11.8 Å². The Morgan fingerprint density at radius 2 is 1.71 bits per heavy atom. The molecule has 2 aromatic heterocycles. The SMILES string of the molecule is COc1ccccc1N1CC(NC(=O)c2n[nH]c3cc(-c4cnc(OC)c(C(=O)NCc5ccccc5OC(F)(F)F)c4)ccc23)CC1=O. The molecular formula is C34H29F3N6O6. The maximum atomic E-state index is 13.3. The number of fused-ring (bicyclic) bond motifs is 1. The molecular weight excluding hydrogens is 645 g/mol. The molecule has 0 saturated carbocycles. The van der Waals surface area contributed by atoms with Gasteiger partial charge in [0, 0.05) is 42.2 Å². The molecule has 6 rings (SSSR count). The van der Waals surface area contributed by atoms with Crippen LogP contribution in [-0.2, 0) is 11.3 Å². The average molecular weight is 675 g/mol. The zero-order valence-electron chi connectivity index (χ0n) is 26.1. The van der Waals surface area contributed by atoms with Crippen LogP contribution < -0.4 is 29.7 Å². The number of para-hydroxylation sites is 3. The second kappa shape index (κ2) is 13.5. The van der Waals surface area contributed by atoms with Crippen LogP contribution in [0.25, 0.3) is 22.0 Å². The maximum Gasteiger partial charge on any atom is 0.573 e. The van der Waals surface area contributed by atoms with Crippen LogP contribution in [0.1, 0.15) is 32.8 Å². The Labute approximate surface area is 277 Å². The van der Waals surface area contributed by atoms with Gasteiger partial charge >= 0.3 is 6.36 Å². The highest BCUT2D eigenvalue weighted by molar-refractivity contribution is 6.06. The summed E-state index contributed by atoms with van der Waals surface area (Å²) in [6, 6.07) is 18.9. The maximum absolute atomic E-state index is 13.3. The highest BCUT2D eigenvalue weighted by Gasteiger charge is 2.34. The number of hydrogen-bond acceptors (Lipinski definition) is 8. The molecule has 3 heterocycles. The number of nitrogens with zero attached hydrogens (tertiary/aromatic N) is 3. The summed E-state index contributed by atoms with van der Waals surface area (Å²) in [4.78, 5) is 45.1. The summed E-state index contributed by atoms with van der Waals surface area (Å²) in [6.07, 6.45) is -3.28. The van der Waals surface area contributed by atoms with E-state index in [0.717, 1.165) is 6.07 Å². The van der Waals surface area contributed by atoms with Gasteiger partial charge in [-0.15, -0.1) is 13.2 Å². The van der Waals surface area contributed by atoms with Crippen molar-refractivity contribution < 1.29 is 41.8 Å². The van der Waals surface area contributed by atoms with Gasteiger partial charge in [-0.05, 0) is 42.0 Å². The van der Waals surface area contributed by atoms with E-state index in [4.69, 9.17) is 9.47 Å². The lowest BCUT2D eigenvalue weighted by atomic mass is 10.0. The minimum Gasteiger partial charge on any atom is -0.495 e. The Kier molecular flexibility index (Phi) is 9.07. The summed E-state index contributed by atoms with van der Waals surface area (Å²) in [5, 5.41) is 13.1. The molecule has 1 aliphatic heterocycles. The number of aromatic nitrogens is 3.